The van der Waals surface area contributed by atoms with E-state index in [0.717, 1.165) is 11.3 Å². The van der Waals surface area contributed by atoms with Gasteiger partial charge in [0.2, 0.25) is 5.91 Å². The number of amides is 2. The largest absolute Gasteiger partial charge is 0.392 e. The van der Waals surface area contributed by atoms with Gasteiger partial charge in [-0.1, -0.05) is 49.3 Å². The minimum Gasteiger partial charge on any atom is -0.392 e. The van der Waals surface area contributed by atoms with Crippen molar-refractivity contribution >= 4 is 17.6 Å². The number of piperidine rings is 1. The van der Waals surface area contributed by atoms with E-state index in [2.05, 4.69) is 29.3 Å². The number of likely N-dealkylation sites (tertiary alicyclic amines) is 1. The second kappa shape index (κ2) is 9.54. The zero-order chi connectivity index (χ0) is 22.6. The van der Waals surface area contributed by atoms with E-state index in [9.17, 15) is 9.59 Å². The molecular weight excluding hydrogens is 406 g/mol. The maximum atomic E-state index is 13.3. The number of oxime groups is 1. The molecule has 0 bridgehead atoms. The van der Waals surface area contributed by atoms with E-state index >= 15 is 0 Å². The molecule has 3 heterocycles. The van der Waals surface area contributed by atoms with Crippen molar-refractivity contribution in [2.45, 2.75) is 45.6 Å². The van der Waals surface area contributed by atoms with Crippen LogP contribution < -0.4 is 5.32 Å². The van der Waals surface area contributed by atoms with E-state index in [4.69, 9.17) is 4.84 Å². The number of carbonyl (C=O) groups excluding carboxylic acids is 2. The summed E-state index contributed by atoms with van der Waals surface area (Å²) in [6.45, 7) is 5.84. The van der Waals surface area contributed by atoms with Gasteiger partial charge in [-0.3, -0.25) is 9.36 Å². The van der Waals surface area contributed by atoms with Gasteiger partial charge in [0.15, 0.2) is 0 Å². The number of nitrogens with one attached hydrogen (secondary N) is 1. The third-order valence-electron chi connectivity index (χ3n) is 6.33. The smallest absolute Gasteiger partial charge is 0.329 e. The lowest BCUT2D eigenvalue weighted by molar-refractivity contribution is -0.136. The van der Waals surface area contributed by atoms with Crippen molar-refractivity contribution in [3.05, 3.63) is 54.6 Å². The van der Waals surface area contributed by atoms with Crippen molar-refractivity contribution in [1.29, 1.82) is 0 Å². The highest BCUT2D eigenvalue weighted by Crippen LogP contribution is 2.39. The highest BCUT2D eigenvalue weighted by Gasteiger charge is 2.45. The predicted molar refractivity (Wildman–Crippen MR) is 121 cm³/mol. The number of nitrogens with zero attached hydrogens (tertiary/aromatic N) is 4. The van der Waals surface area contributed by atoms with Crippen LogP contribution in [0.5, 0.6) is 0 Å². The van der Waals surface area contributed by atoms with Gasteiger partial charge in [0.05, 0.1) is 11.1 Å². The molecular formula is C24H31N5O3. The second-order valence-corrected chi connectivity index (χ2v) is 9.16. The Hall–Kier alpha value is -3.16. The summed E-state index contributed by atoms with van der Waals surface area (Å²) in [4.78, 5) is 37.6. The summed E-state index contributed by atoms with van der Waals surface area (Å²) in [5.41, 5.74) is 1.39. The van der Waals surface area contributed by atoms with E-state index in [-0.39, 0.29) is 18.0 Å². The lowest BCUT2D eigenvalue weighted by atomic mass is 9.72. The maximum Gasteiger partial charge on any atom is 0.329 e. The van der Waals surface area contributed by atoms with Gasteiger partial charge in [-0.2, -0.15) is 0 Å². The zero-order valence-corrected chi connectivity index (χ0v) is 18.7. The summed E-state index contributed by atoms with van der Waals surface area (Å²) >= 11 is 0. The van der Waals surface area contributed by atoms with Crippen LogP contribution >= 0.6 is 0 Å². The minimum atomic E-state index is -0.576. The molecule has 2 aliphatic rings. The fourth-order valence-electron chi connectivity index (χ4n) is 4.44. The summed E-state index contributed by atoms with van der Waals surface area (Å²) in [6.07, 6.45) is 7.06. The standard InChI is InChI=1S/C24H31N5O3/c1-18(2)16-26-22(30)24(8-11-28(12-9-24)23(31)29-13-10-25-17-29)15-20-14-21(27-32-20)19-6-4-3-5-7-19/h3-7,10,13,17-18,20H,8-9,11-12,14-16H2,1-2H3,(H,26,30)/t20-/m0/s1. The Morgan fingerprint density at radius 1 is 1.22 bits per heavy atom. The summed E-state index contributed by atoms with van der Waals surface area (Å²) in [5.74, 6) is 0.423. The van der Waals surface area contributed by atoms with Crippen LogP contribution in [0.25, 0.3) is 0 Å². The Kier molecular flexibility index (Phi) is 6.58. The number of benzene rings is 1. The molecule has 2 amide bonds. The third kappa shape index (κ3) is 4.84. The topological polar surface area (TPSA) is 88.8 Å². The Bertz CT molecular complexity index is 947. The average molecular weight is 438 g/mol. The number of rotatable bonds is 6. The second-order valence-electron chi connectivity index (χ2n) is 9.16. The molecule has 8 heteroatoms. The molecule has 1 atom stereocenters. The van der Waals surface area contributed by atoms with Crippen LogP contribution in [-0.4, -0.2) is 57.8 Å². The van der Waals surface area contributed by atoms with Crippen LogP contribution in [0.2, 0.25) is 0 Å². The highest BCUT2D eigenvalue weighted by atomic mass is 16.6. The molecule has 1 fully saturated rings. The first kappa shape index (κ1) is 22.0. The summed E-state index contributed by atoms with van der Waals surface area (Å²) < 4.78 is 1.48. The van der Waals surface area contributed by atoms with E-state index in [1.165, 1.54) is 10.9 Å². The fraction of sp³-hybridized carbons (Fsp3) is 0.500. The van der Waals surface area contributed by atoms with Crippen LogP contribution in [0, 0.1) is 11.3 Å². The molecule has 1 N–H and O–H groups in total. The first-order valence-electron chi connectivity index (χ1n) is 11.3. The SMILES string of the molecule is CC(C)CNC(=O)C1(C[C@@H]2CC(c3ccccc3)=NO2)CCN(C(=O)n2ccnc2)CC1. The Labute approximate surface area is 188 Å². The molecule has 4 rings (SSSR count). The zero-order valence-electron chi connectivity index (χ0n) is 18.7. The molecule has 0 radical (unpaired) electrons. The molecule has 170 valence electrons. The number of hydrogen-bond donors (Lipinski definition) is 1. The van der Waals surface area contributed by atoms with E-state index in [1.807, 2.05) is 30.3 Å². The predicted octanol–water partition coefficient (Wildman–Crippen LogP) is 3.29. The van der Waals surface area contributed by atoms with Gasteiger partial charge < -0.3 is 15.1 Å². The van der Waals surface area contributed by atoms with Gasteiger partial charge in [-0.15, -0.1) is 0 Å². The Morgan fingerprint density at radius 2 is 1.97 bits per heavy atom. The molecule has 0 unspecified atom stereocenters. The summed E-state index contributed by atoms with van der Waals surface area (Å²) in [6, 6.07) is 9.89. The molecule has 0 spiro atoms. The van der Waals surface area contributed by atoms with Crippen LogP contribution in [0.1, 0.15) is 45.1 Å². The van der Waals surface area contributed by atoms with E-state index in [1.54, 1.807) is 17.3 Å². The highest BCUT2D eigenvalue weighted by molar-refractivity contribution is 6.01. The molecule has 8 nitrogen and oxygen atoms in total. The Morgan fingerprint density at radius 3 is 2.62 bits per heavy atom. The molecule has 2 aromatic rings. The van der Waals surface area contributed by atoms with Crippen molar-refractivity contribution in [1.82, 2.24) is 19.8 Å². The fourth-order valence-corrected chi connectivity index (χ4v) is 4.44. The van der Waals surface area contributed by atoms with Gasteiger partial charge in [-0.25, -0.2) is 9.78 Å². The number of aromatic nitrogens is 2. The van der Waals surface area contributed by atoms with Crippen LogP contribution in [0.3, 0.4) is 0 Å². The minimum absolute atomic E-state index is 0.0534. The monoisotopic (exact) mass is 437 g/mol. The Balaban J connectivity index is 1.44. The summed E-state index contributed by atoms with van der Waals surface area (Å²) in [7, 11) is 0. The maximum absolute atomic E-state index is 13.3. The van der Waals surface area contributed by atoms with E-state index < -0.39 is 5.41 Å². The van der Waals surface area contributed by atoms with Crippen LogP contribution in [0.15, 0.2) is 54.2 Å². The first-order valence-corrected chi connectivity index (χ1v) is 11.3. The van der Waals surface area contributed by atoms with Gasteiger partial charge >= 0.3 is 6.03 Å². The van der Waals surface area contributed by atoms with Crippen molar-refractivity contribution < 1.29 is 14.4 Å². The molecule has 1 aromatic heterocycles. The van der Waals surface area contributed by atoms with Gasteiger partial charge in [0.25, 0.3) is 0 Å². The first-order chi connectivity index (χ1) is 15.5. The summed E-state index contributed by atoms with van der Waals surface area (Å²) in [5, 5.41) is 7.44. The van der Waals surface area contributed by atoms with Crippen molar-refractivity contribution in [2.24, 2.45) is 16.5 Å². The lowest BCUT2D eigenvalue weighted by Crippen LogP contribution is -2.52. The average Bonchev–Trinajstić information content (AvgIpc) is 3.50. The van der Waals surface area contributed by atoms with Crippen molar-refractivity contribution in [3.63, 3.8) is 0 Å². The number of carbonyl (C=O) groups is 2. The molecule has 32 heavy (non-hydrogen) atoms. The van der Waals surface area contributed by atoms with Crippen LogP contribution in [-0.2, 0) is 9.63 Å². The lowest BCUT2D eigenvalue weighted by Gasteiger charge is -2.41. The van der Waals surface area contributed by atoms with Crippen molar-refractivity contribution in [3.8, 4) is 0 Å². The quantitative estimate of drug-likeness (QED) is 0.751. The van der Waals surface area contributed by atoms with Gasteiger partial charge in [-0.05, 0) is 24.3 Å². The molecule has 1 aromatic carbocycles. The molecule has 0 aliphatic carbocycles. The molecule has 2 aliphatic heterocycles. The van der Waals surface area contributed by atoms with Gasteiger partial charge in [0.1, 0.15) is 12.4 Å². The third-order valence-corrected chi connectivity index (χ3v) is 6.33. The van der Waals surface area contributed by atoms with Crippen LogP contribution in [0.4, 0.5) is 4.79 Å². The molecule has 1 saturated heterocycles. The molecule has 0 saturated carbocycles. The van der Waals surface area contributed by atoms with Gasteiger partial charge in [0, 0.05) is 44.9 Å². The number of hydrogen-bond acceptors (Lipinski definition) is 5. The van der Waals surface area contributed by atoms with E-state index in [0.29, 0.717) is 51.2 Å². The number of imidazole rings is 1. The normalized spacial score (nSPS) is 20.0. The van der Waals surface area contributed by atoms with Crippen molar-refractivity contribution in [2.75, 3.05) is 19.6 Å².